The van der Waals surface area contributed by atoms with Crippen molar-refractivity contribution in [3.05, 3.63) is 120 Å². The summed E-state index contributed by atoms with van der Waals surface area (Å²) in [7, 11) is 0. The van der Waals surface area contributed by atoms with E-state index in [1.165, 1.54) is 0 Å². The fourth-order valence-corrected chi connectivity index (χ4v) is 3.39. The van der Waals surface area contributed by atoms with Crippen molar-refractivity contribution in [1.29, 1.82) is 0 Å². The highest BCUT2D eigenvalue weighted by Gasteiger charge is 2.39. The van der Waals surface area contributed by atoms with Gasteiger partial charge in [0, 0.05) is 5.56 Å². The van der Waals surface area contributed by atoms with Crippen LogP contribution in [-0.2, 0) is 10.4 Å². The summed E-state index contributed by atoms with van der Waals surface area (Å²) in [5, 5.41) is 17.7. The molecule has 0 radical (unpaired) electrons. The Morgan fingerprint density at radius 2 is 1.31 bits per heavy atom. The smallest absolute Gasteiger partial charge is 0.281 e. The summed E-state index contributed by atoms with van der Waals surface area (Å²) < 4.78 is 0. The van der Waals surface area contributed by atoms with Crippen LogP contribution >= 0.6 is 0 Å². The Morgan fingerprint density at radius 1 is 0.759 bits per heavy atom. The number of nitrogens with zero attached hydrogens (tertiary/aromatic N) is 1. The second kappa shape index (κ2) is 8.09. The summed E-state index contributed by atoms with van der Waals surface area (Å²) in [4.78, 5) is 13.0. The molecule has 0 aliphatic carbocycles. The van der Waals surface area contributed by atoms with E-state index in [0.717, 1.165) is 16.3 Å². The average molecular weight is 380 g/mol. The highest BCUT2D eigenvalue weighted by atomic mass is 16.3. The van der Waals surface area contributed by atoms with Crippen LogP contribution in [0.5, 0.6) is 0 Å². The third-order valence-corrected chi connectivity index (χ3v) is 4.90. The highest BCUT2D eigenvalue weighted by Crippen LogP contribution is 2.29. The lowest BCUT2D eigenvalue weighted by molar-refractivity contribution is -0.136. The number of amides is 1. The van der Waals surface area contributed by atoms with Crippen LogP contribution < -0.4 is 5.43 Å². The second-order valence-corrected chi connectivity index (χ2v) is 6.71. The fraction of sp³-hybridized carbons (Fsp3) is 0.0400. The quantitative estimate of drug-likeness (QED) is 0.402. The van der Waals surface area contributed by atoms with Crippen LogP contribution in [0.2, 0.25) is 0 Å². The van der Waals surface area contributed by atoms with Crippen LogP contribution in [0.1, 0.15) is 16.7 Å². The molecule has 4 heteroatoms. The van der Waals surface area contributed by atoms with Crippen LogP contribution in [0.15, 0.2) is 108 Å². The summed E-state index contributed by atoms with van der Waals surface area (Å²) in [6.07, 6.45) is 1.59. The van der Waals surface area contributed by atoms with E-state index in [1.54, 1.807) is 54.7 Å². The molecule has 0 fully saturated rings. The molecule has 29 heavy (non-hydrogen) atoms. The van der Waals surface area contributed by atoms with Gasteiger partial charge in [-0.1, -0.05) is 103 Å². The topological polar surface area (TPSA) is 61.7 Å². The number of benzene rings is 4. The Bertz CT molecular complexity index is 1110. The van der Waals surface area contributed by atoms with E-state index in [1.807, 2.05) is 54.6 Å². The van der Waals surface area contributed by atoms with Crippen molar-refractivity contribution in [3.63, 3.8) is 0 Å². The lowest BCUT2D eigenvalue weighted by Crippen LogP contribution is -2.43. The van der Waals surface area contributed by atoms with Crippen molar-refractivity contribution in [2.75, 3.05) is 0 Å². The number of hydrogen-bond acceptors (Lipinski definition) is 3. The van der Waals surface area contributed by atoms with Gasteiger partial charge in [0.25, 0.3) is 5.91 Å². The number of hydrogen-bond donors (Lipinski definition) is 2. The van der Waals surface area contributed by atoms with E-state index in [0.29, 0.717) is 11.1 Å². The maximum Gasteiger partial charge on any atom is 0.281 e. The maximum atomic E-state index is 13.0. The molecule has 0 aliphatic heterocycles. The second-order valence-electron chi connectivity index (χ2n) is 6.71. The number of nitrogens with one attached hydrogen (secondary N) is 1. The third-order valence-electron chi connectivity index (χ3n) is 4.90. The average Bonchev–Trinajstić information content (AvgIpc) is 2.79. The van der Waals surface area contributed by atoms with Crippen molar-refractivity contribution >= 4 is 22.9 Å². The first-order chi connectivity index (χ1) is 14.2. The third kappa shape index (κ3) is 3.66. The molecule has 1 amide bonds. The predicted molar refractivity (Wildman–Crippen MR) is 116 cm³/mol. The molecule has 4 rings (SSSR count). The number of hydrazone groups is 1. The Kier molecular flexibility index (Phi) is 5.18. The van der Waals surface area contributed by atoms with Crippen LogP contribution in [0.25, 0.3) is 10.8 Å². The van der Waals surface area contributed by atoms with Crippen LogP contribution in [0.3, 0.4) is 0 Å². The van der Waals surface area contributed by atoms with Crippen LogP contribution in [-0.4, -0.2) is 17.2 Å². The zero-order valence-corrected chi connectivity index (χ0v) is 15.7. The molecular weight excluding hydrogens is 360 g/mol. The van der Waals surface area contributed by atoms with Gasteiger partial charge in [0.2, 0.25) is 0 Å². The van der Waals surface area contributed by atoms with Crippen LogP contribution in [0, 0.1) is 0 Å². The molecule has 0 unspecified atom stereocenters. The van der Waals surface area contributed by atoms with E-state index in [-0.39, 0.29) is 0 Å². The molecule has 4 aromatic rings. The van der Waals surface area contributed by atoms with Crippen molar-refractivity contribution in [1.82, 2.24) is 5.43 Å². The first-order valence-corrected chi connectivity index (χ1v) is 9.34. The van der Waals surface area contributed by atoms with Gasteiger partial charge < -0.3 is 5.11 Å². The zero-order chi connectivity index (χ0) is 20.1. The molecule has 0 bridgehead atoms. The van der Waals surface area contributed by atoms with E-state index in [9.17, 15) is 9.90 Å². The van der Waals surface area contributed by atoms with Gasteiger partial charge in [-0.05, 0) is 21.9 Å². The van der Waals surface area contributed by atoms with Gasteiger partial charge in [0.1, 0.15) is 0 Å². The van der Waals surface area contributed by atoms with Crippen LogP contribution in [0.4, 0.5) is 0 Å². The van der Waals surface area contributed by atoms with Gasteiger partial charge in [-0.2, -0.15) is 5.10 Å². The van der Waals surface area contributed by atoms with Gasteiger partial charge >= 0.3 is 0 Å². The largest absolute Gasteiger partial charge is 0.372 e. The number of fused-ring (bicyclic) bond motifs is 1. The van der Waals surface area contributed by atoms with E-state index in [2.05, 4.69) is 10.5 Å². The Hall–Kier alpha value is -3.76. The lowest BCUT2D eigenvalue weighted by Gasteiger charge is -2.27. The summed E-state index contributed by atoms with van der Waals surface area (Å²) in [6.45, 7) is 0. The van der Waals surface area contributed by atoms with Gasteiger partial charge in [0.05, 0.1) is 6.21 Å². The zero-order valence-electron chi connectivity index (χ0n) is 15.7. The maximum absolute atomic E-state index is 13.0. The van der Waals surface area contributed by atoms with E-state index >= 15 is 0 Å². The Morgan fingerprint density at radius 3 is 1.97 bits per heavy atom. The fourth-order valence-electron chi connectivity index (χ4n) is 3.39. The molecule has 0 heterocycles. The first-order valence-electron chi connectivity index (χ1n) is 9.34. The molecule has 4 nitrogen and oxygen atoms in total. The molecule has 0 aromatic heterocycles. The summed E-state index contributed by atoms with van der Waals surface area (Å²) in [5.41, 5.74) is 2.50. The van der Waals surface area contributed by atoms with Crippen molar-refractivity contribution in [3.8, 4) is 0 Å². The van der Waals surface area contributed by atoms with Gasteiger partial charge in [0.15, 0.2) is 5.60 Å². The minimum atomic E-state index is -1.85. The van der Waals surface area contributed by atoms with E-state index in [4.69, 9.17) is 0 Å². The number of carbonyl (C=O) groups excluding carboxylic acids is 1. The molecule has 0 saturated carbocycles. The molecule has 142 valence electrons. The van der Waals surface area contributed by atoms with Crippen molar-refractivity contribution < 1.29 is 9.90 Å². The molecule has 0 spiro atoms. The molecular formula is C25H20N2O2. The minimum absolute atomic E-state index is 0.476. The van der Waals surface area contributed by atoms with Gasteiger partial charge in [-0.25, -0.2) is 5.43 Å². The number of rotatable bonds is 5. The summed E-state index contributed by atoms with van der Waals surface area (Å²) >= 11 is 0. The molecule has 0 aliphatic rings. The Labute approximate surface area is 169 Å². The monoisotopic (exact) mass is 380 g/mol. The minimum Gasteiger partial charge on any atom is -0.372 e. The molecule has 0 saturated heterocycles. The highest BCUT2D eigenvalue weighted by molar-refractivity contribution is 6.00. The van der Waals surface area contributed by atoms with Gasteiger partial charge in [-0.15, -0.1) is 0 Å². The van der Waals surface area contributed by atoms with Crippen molar-refractivity contribution in [2.24, 2.45) is 5.10 Å². The van der Waals surface area contributed by atoms with Crippen molar-refractivity contribution in [2.45, 2.75) is 5.60 Å². The van der Waals surface area contributed by atoms with Gasteiger partial charge in [-0.3, -0.25) is 4.79 Å². The Balaban J connectivity index is 1.65. The number of carbonyl (C=O) groups is 1. The molecule has 4 aromatic carbocycles. The molecule has 2 N–H and O–H groups in total. The molecule has 0 atom stereocenters. The normalized spacial score (nSPS) is 11.6. The van der Waals surface area contributed by atoms with E-state index < -0.39 is 11.5 Å². The summed E-state index contributed by atoms with van der Waals surface area (Å²) in [6, 6.07) is 31.6. The first kappa shape index (κ1) is 18.6. The number of aliphatic hydroxyl groups is 1. The lowest BCUT2D eigenvalue weighted by atomic mass is 9.85. The standard InChI is InChI=1S/C25H20N2O2/c28-24(27-26-18-20-12-9-11-19-10-7-8-17-23(19)20)25(29,21-13-3-1-4-14-21)22-15-5-2-6-16-22/h1-18,29H,(H,27,28)/b26-18-. The predicted octanol–water partition coefficient (Wildman–Crippen LogP) is 4.23. The summed E-state index contributed by atoms with van der Waals surface area (Å²) in [5.74, 6) is -0.619. The SMILES string of the molecule is O=C(N/N=C\c1cccc2ccccc12)C(O)(c1ccccc1)c1ccccc1.